The van der Waals surface area contributed by atoms with Crippen molar-refractivity contribution in [1.29, 1.82) is 0 Å². The normalized spacial score (nSPS) is 18.5. The standard InChI is InChI=1S/C22H26N4O5S2/c1-30-19-5-4-16-22(24-19)32-20(23-16)13-18(27)17(12-14-7-10-31-11-8-14)26-9-6-21(25-26)33(28,29)15-2-3-15/h4-6,9,14-15,17H,2-3,7-8,10-13H2,1H3. The second-order valence-electron chi connectivity index (χ2n) is 8.61. The monoisotopic (exact) mass is 490 g/mol. The van der Waals surface area contributed by atoms with Gasteiger partial charge in [0, 0.05) is 25.5 Å². The number of hydrogen-bond donors (Lipinski definition) is 0. The van der Waals surface area contributed by atoms with Crippen LogP contribution < -0.4 is 4.74 Å². The van der Waals surface area contributed by atoms with Crippen molar-refractivity contribution in [3.63, 3.8) is 0 Å². The van der Waals surface area contributed by atoms with Gasteiger partial charge in [0.15, 0.2) is 20.6 Å². The zero-order valence-corrected chi connectivity index (χ0v) is 20.0. The zero-order valence-electron chi connectivity index (χ0n) is 18.3. The van der Waals surface area contributed by atoms with Gasteiger partial charge in [-0.15, -0.1) is 0 Å². The van der Waals surface area contributed by atoms with Crippen molar-refractivity contribution in [1.82, 2.24) is 19.7 Å². The number of carbonyl (C=O) groups is 1. The van der Waals surface area contributed by atoms with E-state index in [1.807, 2.05) is 6.07 Å². The van der Waals surface area contributed by atoms with E-state index in [9.17, 15) is 13.2 Å². The third kappa shape index (κ3) is 4.80. The quantitative estimate of drug-likeness (QED) is 0.450. The molecule has 2 fully saturated rings. The minimum absolute atomic E-state index is 0.0361. The smallest absolute Gasteiger partial charge is 0.214 e. The summed E-state index contributed by atoms with van der Waals surface area (Å²) in [6, 6.07) is 4.54. The first kappa shape index (κ1) is 22.4. The largest absolute Gasteiger partial charge is 0.481 e. The van der Waals surface area contributed by atoms with E-state index in [-0.39, 0.29) is 22.5 Å². The van der Waals surface area contributed by atoms with Crippen molar-refractivity contribution >= 4 is 37.3 Å². The van der Waals surface area contributed by atoms with Crippen LogP contribution in [0.15, 0.2) is 29.4 Å². The molecule has 33 heavy (non-hydrogen) atoms. The van der Waals surface area contributed by atoms with Gasteiger partial charge in [0.05, 0.1) is 18.8 Å². The fraction of sp³-hybridized carbons (Fsp3) is 0.545. The zero-order chi connectivity index (χ0) is 23.0. The van der Waals surface area contributed by atoms with E-state index in [2.05, 4.69) is 15.1 Å². The Bertz CT molecular complexity index is 1260. The number of carbonyl (C=O) groups excluding carboxylic acids is 1. The summed E-state index contributed by atoms with van der Waals surface area (Å²) in [5.74, 6) is 0.787. The van der Waals surface area contributed by atoms with Crippen LogP contribution in [-0.4, -0.2) is 59.5 Å². The molecule has 11 heteroatoms. The average Bonchev–Trinajstić information content (AvgIpc) is 3.44. The van der Waals surface area contributed by atoms with Gasteiger partial charge in [0.2, 0.25) is 5.88 Å². The number of rotatable bonds is 9. The van der Waals surface area contributed by atoms with Gasteiger partial charge in [-0.05, 0) is 50.2 Å². The molecule has 1 aliphatic carbocycles. The lowest BCUT2D eigenvalue weighted by molar-refractivity contribution is -0.122. The molecule has 1 saturated carbocycles. The summed E-state index contributed by atoms with van der Waals surface area (Å²) in [7, 11) is -1.86. The second kappa shape index (κ2) is 9.11. The van der Waals surface area contributed by atoms with Gasteiger partial charge in [-0.3, -0.25) is 9.48 Å². The number of methoxy groups -OCH3 is 1. The molecule has 0 aromatic carbocycles. The molecule has 1 unspecified atom stereocenters. The van der Waals surface area contributed by atoms with Gasteiger partial charge >= 0.3 is 0 Å². The topological polar surface area (TPSA) is 113 Å². The summed E-state index contributed by atoms with van der Waals surface area (Å²) in [5.41, 5.74) is 0.724. The number of thiazole rings is 1. The minimum Gasteiger partial charge on any atom is -0.481 e. The second-order valence-corrected chi connectivity index (χ2v) is 11.9. The summed E-state index contributed by atoms with van der Waals surface area (Å²) in [6.45, 7) is 1.36. The Kier molecular flexibility index (Phi) is 6.19. The maximum Gasteiger partial charge on any atom is 0.214 e. The first-order chi connectivity index (χ1) is 15.9. The Morgan fingerprint density at radius 3 is 2.73 bits per heavy atom. The summed E-state index contributed by atoms with van der Waals surface area (Å²) in [6.07, 6.45) is 5.48. The molecular formula is C22H26N4O5S2. The molecule has 5 rings (SSSR count). The first-order valence-corrected chi connectivity index (χ1v) is 13.5. The lowest BCUT2D eigenvalue weighted by Crippen LogP contribution is -2.27. The molecule has 3 aromatic heterocycles. The molecule has 4 heterocycles. The molecule has 0 amide bonds. The first-order valence-electron chi connectivity index (χ1n) is 11.1. The SMILES string of the molecule is COc1ccc2nc(CC(=O)C(CC3CCOCC3)n3ccc(S(=O)(=O)C4CC4)n3)sc2n1. The lowest BCUT2D eigenvalue weighted by Gasteiger charge is -2.26. The highest BCUT2D eigenvalue weighted by Gasteiger charge is 2.39. The van der Waals surface area contributed by atoms with Crippen LogP contribution >= 0.6 is 11.3 Å². The van der Waals surface area contributed by atoms with Gasteiger partial charge in [-0.25, -0.2) is 18.4 Å². The van der Waals surface area contributed by atoms with Crippen LogP contribution in [0.3, 0.4) is 0 Å². The predicted molar refractivity (Wildman–Crippen MR) is 122 cm³/mol. The van der Waals surface area contributed by atoms with E-state index in [4.69, 9.17) is 9.47 Å². The van der Waals surface area contributed by atoms with Crippen molar-refractivity contribution in [3.05, 3.63) is 29.4 Å². The van der Waals surface area contributed by atoms with Crippen molar-refractivity contribution in [2.24, 2.45) is 5.92 Å². The molecule has 1 atom stereocenters. The van der Waals surface area contributed by atoms with E-state index in [1.54, 1.807) is 24.1 Å². The summed E-state index contributed by atoms with van der Waals surface area (Å²) in [5, 5.41) is 4.77. The highest BCUT2D eigenvalue weighted by Crippen LogP contribution is 2.34. The molecule has 0 radical (unpaired) electrons. The minimum atomic E-state index is -3.41. The predicted octanol–water partition coefficient (Wildman–Crippen LogP) is 3.00. The fourth-order valence-electron chi connectivity index (χ4n) is 4.18. The Morgan fingerprint density at radius 2 is 2.00 bits per heavy atom. The molecule has 0 N–H and O–H groups in total. The highest BCUT2D eigenvalue weighted by molar-refractivity contribution is 7.92. The number of hydrogen-bond acceptors (Lipinski definition) is 9. The number of aromatic nitrogens is 4. The molecule has 3 aromatic rings. The summed E-state index contributed by atoms with van der Waals surface area (Å²) < 4.78 is 37.4. The van der Waals surface area contributed by atoms with E-state index in [0.29, 0.717) is 49.3 Å². The Labute approximate surface area is 196 Å². The number of ketones is 1. The van der Waals surface area contributed by atoms with Gasteiger partial charge in [0.25, 0.3) is 0 Å². The van der Waals surface area contributed by atoms with Gasteiger partial charge in [0.1, 0.15) is 21.4 Å². The van der Waals surface area contributed by atoms with Gasteiger partial charge < -0.3 is 9.47 Å². The maximum absolute atomic E-state index is 13.5. The van der Waals surface area contributed by atoms with Gasteiger partial charge in [-0.2, -0.15) is 5.10 Å². The van der Waals surface area contributed by atoms with Crippen LogP contribution in [0, 0.1) is 5.92 Å². The number of fused-ring (bicyclic) bond motifs is 1. The van der Waals surface area contributed by atoms with Crippen molar-refractivity contribution < 1.29 is 22.7 Å². The van der Waals surface area contributed by atoms with Crippen molar-refractivity contribution in [3.8, 4) is 5.88 Å². The molecule has 9 nitrogen and oxygen atoms in total. The molecule has 0 bridgehead atoms. The average molecular weight is 491 g/mol. The maximum atomic E-state index is 13.5. The molecule has 1 saturated heterocycles. The summed E-state index contributed by atoms with van der Waals surface area (Å²) in [4.78, 5) is 23.1. The number of sulfone groups is 1. The number of nitrogens with zero attached hydrogens (tertiary/aromatic N) is 4. The molecule has 176 valence electrons. The van der Waals surface area contributed by atoms with E-state index in [1.165, 1.54) is 17.4 Å². The van der Waals surface area contributed by atoms with Crippen LogP contribution in [0.4, 0.5) is 0 Å². The Hall–Kier alpha value is -2.37. The van der Waals surface area contributed by atoms with Crippen LogP contribution in [0.1, 0.15) is 43.2 Å². The third-order valence-electron chi connectivity index (χ3n) is 6.24. The Morgan fingerprint density at radius 1 is 1.21 bits per heavy atom. The van der Waals surface area contributed by atoms with Crippen LogP contribution in [0.25, 0.3) is 10.3 Å². The number of ether oxygens (including phenoxy) is 2. The Balaban J connectivity index is 1.40. The van der Waals surface area contributed by atoms with E-state index < -0.39 is 15.9 Å². The molecule has 1 aliphatic heterocycles. The number of Topliss-reactive ketones (excluding diaryl/α,β-unsaturated/α-hetero) is 1. The van der Waals surface area contributed by atoms with Crippen molar-refractivity contribution in [2.75, 3.05) is 20.3 Å². The highest BCUT2D eigenvalue weighted by atomic mass is 32.2. The van der Waals surface area contributed by atoms with E-state index in [0.717, 1.165) is 23.2 Å². The van der Waals surface area contributed by atoms with Crippen LogP contribution in [0.5, 0.6) is 5.88 Å². The molecular weight excluding hydrogens is 464 g/mol. The molecule has 2 aliphatic rings. The number of pyridine rings is 1. The summed E-state index contributed by atoms with van der Waals surface area (Å²) >= 11 is 1.37. The fourth-order valence-corrected chi connectivity index (χ4v) is 6.67. The van der Waals surface area contributed by atoms with Crippen LogP contribution in [-0.2, 0) is 25.8 Å². The van der Waals surface area contributed by atoms with E-state index >= 15 is 0 Å². The lowest BCUT2D eigenvalue weighted by atomic mass is 9.90. The molecule has 0 spiro atoms. The van der Waals surface area contributed by atoms with Crippen LogP contribution in [0.2, 0.25) is 0 Å². The third-order valence-corrected chi connectivity index (χ3v) is 9.35. The van der Waals surface area contributed by atoms with Gasteiger partial charge in [-0.1, -0.05) is 11.3 Å². The van der Waals surface area contributed by atoms with Crippen molar-refractivity contribution in [2.45, 2.75) is 54.8 Å².